The second kappa shape index (κ2) is 7.94. The van der Waals surface area contributed by atoms with Crippen LogP contribution in [-0.2, 0) is 4.84 Å². The lowest BCUT2D eigenvalue weighted by atomic mass is 9.95. The molecule has 0 aliphatic carbocycles. The van der Waals surface area contributed by atoms with Crippen LogP contribution in [0.4, 0.5) is 5.69 Å². The first-order valence-corrected chi connectivity index (χ1v) is 9.68. The molecular formula is C25H24N3O. The molecule has 3 aromatic carbocycles. The van der Waals surface area contributed by atoms with E-state index in [9.17, 15) is 0 Å². The lowest BCUT2D eigenvalue weighted by Crippen LogP contribution is -2.23. The van der Waals surface area contributed by atoms with Crippen molar-refractivity contribution in [2.75, 3.05) is 0 Å². The summed E-state index contributed by atoms with van der Waals surface area (Å²) in [5.74, 6) is 0. The van der Waals surface area contributed by atoms with Crippen LogP contribution in [0.1, 0.15) is 20.8 Å². The highest BCUT2D eigenvalue weighted by Gasteiger charge is 2.20. The van der Waals surface area contributed by atoms with Gasteiger partial charge >= 0.3 is 0 Å². The Bertz CT molecular complexity index is 1010. The molecular weight excluding hydrogens is 358 g/mol. The first-order valence-electron chi connectivity index (χ1n) is 9.68. The third-order valence-corrected chi connectivity index (χ3v) is 4.48. The molecule has 0 saturated heterocycles. The molecule has 0 spiro atoms. The van der Waals surface area contributed by atoms with E-state index < -0.39 is 0 Å². The number of hydrogen-bond donors (Lipinski definition) is 0. The van der Waals surface area contributed by atoms with Crippen molar-refractivity contribution in [2.24, 2.45) is 0 Å². The zero-order valence-corrected chi connectivity index (χ0v) is 16.9. The van der Waals surface area contributed by atoms with Crippen molar-refractivity contribution in [2.45, 2.75) is 26.4 Å². The van der Waals surface area contributed by atoms with Crippen molar-refractivity contribution in [3.63, 3.8) is 0 Å². The zero-order chi connectivity index (χ0) is 20.3. The lowest BCUT2D eigenvalue weighted by molar-refractivity contribution is -0.0541. The van der Waals surface area contributed by atoms with Crippen molar-refractivity contribution >= 4 is 5.69 Å². The fraction of sp³-hybridized carbons (Fsp3) is 0.160. The highest BCUT2D eigenvalue weighted by Crippen LogP contribution is 2.40. The van der Waals surface area contributed by atoms with Crippen LogP contribution in [0.25, 0.3) is 27.9 Å². The molecule has 1 aromatic heterocycles. The smallest absolute Gasteiger partial charge is 0.106 e. The van der Waals surface area contributed by atoms with E-state index in [1.54, 1.807) is 12.5 Å². The largest absolute Gasteiger partial charge is 0.306 e. The van der Waals surface area contributed by atoms with Crippen LogP contribution in [0.3, 0.4) is 0 Å². The molecule has 4 aromatic rings. The van der Waals surface area contributed by atoms with Crippen LogP contribution >= 0.6 is 0 Å². The minimum Gasteiger partial charge on any atom is -0.306 e. The van der Waals surface area contributed by atoms with Crippen LogP contribution in [0.2, 0.25) is 0 Å². The average Bonchev–Trinajstić information content (AvgIpc) is 3.27. The summed E-state index contributed by atoms with van der Waals surface area (Å²) >= 11 is 0. The number of aromatic nitrogens is 2. The molecule has 0 aliphatic heterocycles. The minimum atomic E-state index is -0.384. The molecule has 4 rings (SSSR count). The molecule has 0 fully saturated rings. The third kappa shape index (κ3) is 4.39. The first-order chi connectivity index (χ1) is 14.0. The quantitative estimate of drug-likeness (QED) is 0.387. The van der Waals surface area contributed by atoms with E-state index in [1.807, 2.05) is 67.9 Å². The van der Waals surface area contributed by atoms with Crippen LogP contribution in [0.5, 0.6) is 0 Å². The van der Waals surface area contributed by atoms with E-state index in [1.165, 1.54) is 0 Å². The van der Waals surface area contributed by atoms with E-state index in [2.05, 4.69) is 46.9 Å². The monoisotopic (exact) mass is 382 g/mol. The van der Waals surface area contributed by atoms with Gasteiger partial charge in [-0.15, -0.1) is 5.48 Å². The highest BCUT2D eigenvalue weighted by molar-refractivity contribution is 5.89. The average molecular weight is 382 g/mol. The molecule has 4 heteroatoms. The predicted molar refractivity (Wildman–Crippen MR) is 117 cm³/mol. The van der Waals surface area contributed by atoms with Crippen LogP contribution in [0, 0.1) is 0 Å². The summed E-state index contributed by atoms with van der Waals surface area (Å²) in [6.07, 6.45) is 5.54. The van der Waals surface area contributed by atoms with Crippen LogP contribution < -0.4 is 5.48 Å². The number of hydrogen-bond acceptors (Lipinski definition) is 2. The van der Waals surface area contributed by atoms with Gasteiger partial charge in [-0.05, 0) is 44.0 Å². The Morgan fingerprint density at radius 3 is 1.83 bits per heavy atom. The molecule has 0 unspecified atom stereocenters. The topological polar surface area (TPSA) is 41.2 Å². The van der Waals surface area contributed by atoms with E-state index in [-0.39, 0.29) is 5.60 Å². The third-order valence-electron chi connectivity index (χ3n) is 4.48. The molecule has 1 radical (unpaired) electrons. The van der Waals surface area contributed by atoms with Crippen molar-refractivity contribution in [1.82, 2.24) is 15.0 Å². The Kier molecular flexibility index (Phi) is 5.19. The maximum atomic E-state index is 5.88. The van der Waals surface area contributed by atoms with Gasteiger partial charge in [0.15, 0.2) is 0 Å². The van der Waals surface area contributed by atoms with Gasteiger partial charge in [-0.25, -0.2) is 9.82 Å². The van der Waals surface area contributed by atoms with Gasteiger partial charge in [-0.2, -0.15) is 0 Å². The normalized spacial score (nSPS) is 11.4. The van der Waals surface area contributed by atoms with E-state index in [0.717, 1.165) is 33.6 Å². The van der Waals surface area contributed by atoms with Crippen LogP contribution in [-0.4, -0.2) is 15.2 Å². The molecule has 0 amide bonds. The van der Waals surface area contributed by atoms with Gasteiger partial charge in [0.2, 0.25) is 0 Å². The predicted octanol–water partition coefficient (Wildman–Crippen LogP) is 6.17. The number of imidazole rings is 1. The van der Waals surface area contributed by atoms with Gasteiger partial charge in [0.1, 0.15) is 5.69 Å². The Balaban J connectivity index is 1.96. The van der Waals surface area contributed by atoms with Gasteiger partial charge in [0.25, 0.3) is 0 Å². The van der Waals surface area contributed by atoms with Crippen molar-refractivity contribution in [3.05, 3.63) is 91.5 Å². The Hall–Kier alpha value is -3.37. The van der Waals surface area contributed by atoms with Gasteiger partial charge in [-0.1, -0.05) is 60.7 Å². The molecule has 0 saturated carbocycles. The summed E-state index contributed by atoms with van der Waals surface area (Å²) in [5, 5.41) is 0. The Morgan fingerprint density at radius 1 is 0.828 bits per heavy atom. The van der Waals surface area contributed by atoms with Gasteiger partial charge in [0, 0.05) is 29.2 Å². The SMILES string of the molecule is CC(C)(C)O[N]c1c(-c2ccccc2)cc(-n2ccnc2)cc1-c1ccccc1. The highest BCUT2D eigenvalue weighted by atomic mass is 16.7. The first kappa shape index (κ1) is 19.0. The Labute approximate surface area is 171 Å². The van der Waals surface area contributed by atoms with Crippen LogP contribution in [0.15, 0.2) is 91.5 Å². The van der Waals surface area contributed by atoms with Gasteiger partial charge in [0.05, 0.1) is 11.9 Å². The lowest BCUT2D eigenvalue weighted by Gasteiger charge is -2.22. The van der Waals surface area contributed by atoms with E-state index >= 15 is 0 Å². The minimum absolute atomic E-state index is 0.384. The summed E-state index contributed by atoms with van der Waals surface area (Å²) in [7, 11) is 0. The number of rotatable bonds is 5. The zero-order valence-electron chi connectivity index (χ0n) is 16.9. The van der Waals surface area contributed by atoms with Crippen molar-refractivity contribution < 1.29 is 4.84 Å². The van der Waals surface area contributed by atoms with Crippen molar-refractivity contribution in [1.29, 1.82) is 0 Å². The maximum absolute atomic E-state index is 5.88. The second-order valence-corrected chi connectivity index (χ2v) is 7.89. The molecule has 0 N–H and O–H groups in total. The molecule has 0 aliphatic rings. The molecule has 1 heterocycles. The van der Waals surface area contributed by atoms with E-state index in [4.69, 9.17) is 4.84 Å². The maximum Gasteiger partial charge on any atom is 0.106 e. The van der Waals surface area contributed by atoms with E-state index in [0.29, 0.717) is 0 Å². The summed E-state index contributed by atoms with van der Waals surface area (Å²) < 4.78 is 2.01. The molecule has 0 bridgehead atoms. The van der Waals surface area contributed by atoms with Gasteiger partial charge < -0.3 is 4.57 Å². The molecule has 4 nitrogen and oxygen atoms in total. The number of benzene rings is 3. The van der Waals surface area contributed by atoms with Crippen molar-refractivity contribution in [3.8, 4) is 27.9 Å². The summed E-state index contributed by atoms with van der Waals surface area (Å²) in [6, 6.07) is 24.8. The summed E-state index contributed by atoms with van der Waals surface area (Å²) in [4.78, 5) is 10.1. The summed E-state index contributed by atoms with van der Waals surface area (Å²) in [5.41, 5.74) is 10.3. The molecule has 29 heavy (non-hydrogen) atoms. The molecule has 145 valence electrons. The second-order valence-electron chi connectivity index (χ2n) is 7.89. The standard InChI is InChI=1S/C25H24N3O/c1-25(2,3)29-27-24-22(19-10-6-4-7-11-19)16-21(28-15-14-26-18-28)17-23(24)20-12-8-5-9-13-20/h4-18H,1-3H3. The fourth-order valence-corrected chi connectivity index (χ4v) is 3.14. The fourth-order valence-electron chi connectivity index (χ4n) is 3.14. The summed E-state index contributed by atoms with van der Waals surface area (Å²) in [6.45, 7) is 6.00. The molecule has 0 atom stereocenters. The number of nitrogens with zero attached hydrogens (tertiary/aromatic N) is 3. The Morgan fingerprint density at radius 2 is 1.38 bits per heavy atom. The van der Waals surface area contributed by atoms with Gasteiger partial charge in [-0.3, -0.25) is 0 Å².